The molecule has 1 atom stereocenters. The largest absolute Gasteiger partial charge is 0.492 e. The molecular formula is C28H34N6O3. The smallest absolute Gasteiger partial charge is 0.249 e. The molecule has 9 heteroatoms. The second-order valence-corrected chi connectivity index (χ2v) is 9.57. The van der Waals surface area contributed by atoms with E-state index in [4.69, 9.17) is 4.74 Å². The van der Waals surface area contributed by atoms with E-state index < -0.39 is 11.6 Å². The third-order valence-electron chi connectivity index (χ3n) is 6.51. The van der Waals surface area contributed by atoms with Gasteiger partial charge in [-0.3, -0.25) is 14.5 Å². The van der Waals surface area contributed by atoms with Gasteiger partial charge in [0.1, 0.15) is 17.8 Å². The Morgan fingerprint density at radius 3 is 2.49 bits per heavy atom. The van der Waals surface area contributed by atoms with Crippen LogP contribution in [0.4, 0.5) is 5.69 Å². The molecule has 0 aliphatic carbocycles. The number of rotatable bonds is 10. The molecule has 0 saturated heterocycles. The minimum atomic E-state index is -0.949. The number of anilines is 1. The summed E-state index contributed by atoms with van der Waals surface area (Å²) in [6.45, 7) is 8.14. The lowest BCUT2D eigenvalue weighted by atomic mass is 10.00. The van der Waals surface area contributed by atoms with Gasteiger partial charge in [0.2, 0.25) is 11.8 Å². The summed E-state index contributed by atoms with van der Waals surface area (Å²) < 4.78 is 9.32. The number of carbonyl (C=O) groups excluding carboxylic acids is 2. The van der Waals surface area contributed by atoms with Crippen LogP contribution < -0.4 is 15.0 Å². The van der Waals surface area contributed by atoms with E-state index in [-0.39, 0.29) is 18.4 Å². The molecule has 194 valence electrons. The summed E-state index contributed by atoms with van der Waals surface area (Å²) in [5, 5.41) is 11.5. The summed E-state index contributed by atoms with van der Waals surface area (Å²) in [6.07, 6.45) is 2.59. The lowest BCUT2D eigenvalue weighted by molar-refractivity contribution is -0.128. The Morgan fingerprint density at radius 2 is 1.78 bits per heavy atom. The van der Waals surface area contributed by atoms with Gasteiger partial charge in [-0.25, -0.2) is 4.68 Å². The molecule has 0 fully saturated rings. The van der Waals surface area contributed by atoms with Crippen LogP contribution in [0.1, 0.15) is 45.9 Å². The van der Waals surface area contributed by atoms with Gasteiger partial charge in [0.15, 0.2) is 6.04 Å². The summed E-state index contributed by atoms with van der Waals surface area (Å²) >= 11 is 0. The first-order valence-corrected chi connectivity index (χ1v) is 12.5. The Kier molecular flexibility index (Phi) is 7.61. The molecule has 4 aromatic rings. The molecule has 37 heavy (non-hydrogen) atoms. The molecule has 2 heterocycles. The minimum Gasteiger partial charge on any atom is -0.492 e. The highest BCUT2D eigenvalue weighted by Crippen LogP contribution is 2.36. The second-order valence-electron chi connectivity index (χ2n) is 9.57. The molecule has 0 saturated carbocycles. The minimum absolute atomic E-state index is 0.105. The fourth-order valence-electron chi connectivity index (χ4n) is 4.22. The number of ether oxygens (including phenoxy) is 1. The van der Waals surface area contributed by atoms with Crippen molar-refractivity contribution in [2.75, 3.05) is 11.5 Å². The molecule has 0 radical (unpaired) electrons. The Labute approximate surface area is 217 Å². The normalized spacial score (nSPS) is 12.4. The van der Waals surface area contributed by atoms with Crippen molar-refractivity contribution in [3.8, 4) is 5.75 Å². The number of aryl methyl sites for hydroxylation is 1. The zero-order valence-corrected chi connectivity index (χ0v) is 22.0. The highest BCUT2D eigenvalue weighted by molar-refractivity contribution is 6.02. The van der Waals surface area contributed by atoms with Gasteiger partial charge in [-0.2, -0.15) is 0 Å². The number of nitrogens with zero attached hydrogens (tertiary/aromatic N) is 5. The Balaban J connectivity index is 1.86. The zero-order chi connectivity index (χ0) is 26.6. The predicted octanol–water partition coefficient (Wildman–Crippen LogP) is 4.25. The topological polar surface area (TPSA) is 94.3 Å². The van der Waals surface area contributed by atoms with E-state index in [2.05, 4.69) is 15.6 Å². The van der Waals surface area contributed by atoms with Gasteiger partial charge in [0.05, 0.1) is 23.5 Å². The average molecular weight is 503 g/mol. The number of carbonyl (C=O) groups is 2. The first-order valence-electron chi connectivity index (χ1n) is 12.5. The predicted molar refractivity (Wildman–Crippen MR) is 143 cm³/mol. The van der Waals surface area contributed by atoms with Crippen LogP contribution >= 0.6 is 0 Å². The van der Waals surface area contributed by atoms with Crippen LogP contribution in [-0.2, 0) is 23.2 Å². The lowest BCUT2D eigenvalue weighted by Gasteiger charge is -2.35. The average Bonchev–Trinajstić information content (AvgIpc) is 3.49. The summed E-state index contributed by atoms with van der Waals surface area (Å²) in [6, 6.07) is 17.5. The number of amides is 2. The van der Waals surface area contributed by atoms with E-state index in [1.54, 1.807) is 16.8 Å². The van der Waals surface area contributed by atoms with Crippen LogP contribution in [0.2, 0.25) is 0 Å². The number of hydrogen-bond donors (Lipinski definition) is 1. The molecule has 1 unspecified atom stereocenters. The SMILES string of the molecule is CCOc1ccccc1N(C(=O)Cn1nnc2ccccc21)C(C(=O)NC(C)(C)CC)c1cccn1C. The van der Waals surface area contributed by atoms with Gasteiger partial charge in [-0.05, 0) is 63.6 Å². The standard InChI is InChI=1S/C28H34N6O3/c1-6-28(3,4)29-27(36)26(23-16-12-18-32(23)5)34(22-15-10-11-17-24(22)37-7-2)25(35)19-33-21-14-9-8-13-20(21)30-31-33/h8-18,26H,6-7,19H2,1-5H3,(H,29,36). The van der Waals surface area contributed by atoms with Gasteiger partial charge in [-0.1, -0.05) is 36.4 Å². The zero-order valence-electron chi connectivity index (χ0n) is 22.0. The highest BCUT2D eigenvalue weighted by atomic mass is 16.5. The van der Waals surface area contributed by atoms with Crippen molar-refractivity contribution in [3.05, 3.63) is 72.6 Å². The third kappa shape index (κ3) is 5.50. The van der Waals surface area contributed by atoms with Crippen LogP contribution in [0.5, 0.6) is 5.75 Å². The second kappa shape index (κ2) is 10.9. The van der Waals surface area contributed by atoms with Crippen molar-refractivity contribution in [2.24, 2.45) is 7.05 Å². The van der Waals surface area contributed by atoms with Crippen molar-refractivity contribution in [3.63, 3.8) is 0 Å². The van der Waals surface area contributed by atoms with Crippen LogP contribution in [-0.4, -0.2) is 43.5 Å². The number of hydrogen-bond acceptors (Lipinski definition) is 5. The molecular weight excluding hydrogens is 468 g/mol. The van der Waals surface area contributed by atoms with E-state index in [0.717, 1.165) is 11.9 Å². The summed E-state index contributed by atoms with van der Waals surface area (Å²) in [5.74, 6) is -0.0845. The summed E-state index contributed by atoms with van der Waals surface area (Å²) in [5.41, 5.74) is 2.15. The first kappa shape index (κ1) is 25.9. The van der Waals surface area contributed by atoms with Crippen LogP contribution in [0.25, 0.3) is 11.0 Å². The van der Waals surface area contributed by atoms with Gasteiger partial charge < -0.3 is 14.6 Å². The number of nitrogens with one attached hydrogen (secondary N) is 1. The van der Waals surface area contributed by atoms with Gasteiger partial charge in [0, 0.05) is 18.8 Å². The molecule has 2 aromatic carbocycles. The van der Waals surface area contributed by atoms with Gasteiger partial charge in [-0.15, -0.1) is 5.10 Å². The lowest BCUT2D eigenvalue weighted by Crippen LogP contribution is -2.51. The number of para-hydroxylation sites is 3. The van der Waals surface area contributed by atoms with Crippen molar-refractivity contribution in [1.29, 1.82) is 0 Å². The molecule has 0 aliphatic rings. The fourth-order valence-corrected chi connectivity index (χ4v) is 4.22. The highest BCUT2D eigenvalue weighted by Gasteiger charge is 2.37. The van der Waals surface area contributed by atoms with Gasteiger partial charge in [0.25, 0.3) is 0 Å². The van der Waals surface area contributed by atoms with E-state index >= 15 is 0 Å². The molecule has 0 aliphatic heterocycles. The van der Waals surface area contributed by atoms with Crippen LogP contribution in [0.15, 0.2) is 66.9 Å². The molecule has 9 nitrogen and oxygen atoms in total. The third-order valence-corrected chi connectivity index (χ3v) is 6.51. The first-order chi connectivity index (χ1) is 17.8. The number of aromatic nitrogens is 4. The fraction of sp³-hybridized carbons (Fsp3) is 0.357. The summed E-state index contributed by atoms with van der Waals surface area (Å²) in [4.78, 5) is 29.7. The van der Waals surface area contributed by atoms with E-state index in [1.165, 1.54) is 4.90 Å². The number of fused-ring (bicyclic) bond motifs is 1. The van der Waals surface area contributed by atoms with Crippen molar-refractivity contribution in [1.82, 2.24) is 24.9 Å². The van der Waals surface area contributed by atoms with Crippen molar-refractivity contribution >= 4 is 28.5 Å². The Morgan fingerprint density at radius 1 is 1.05 bits per heavy atom. The molecule has 4 rings (SSSR count). The van der Waals surface area contributed by atoms with E-state index in [9.17, 15) is 9.59 Å². The molecule has 0 spiro atoms. The van der Waals surface area contributed by atoms with Crippen molar-refractivity contribution < 1.29 is 14.3 Å². The molecule has 0 bridgehead atoms. The molecule has 2 aromatic heterocycles. The maximum atomic E-state index is 14.2. The summed E-state index contributed by atoms with van der Waals surface area (Å²) in [7, 11) is 1.86. The Hall–Kier alpha value is -4.14. The molecule has 1 N–H and O–H groups in total. The monoisotopic (exact) mass is 502 g/mol. The van der Waals surface area contributed by atoms with Gasteiger partial charge >= 0.3 is 0 Å². The maximum Gasteiger partial charge on any atom is 0.249 e. The van der Waals surface area contributed by atoms with Crippen molar-refractivity contribution in [2.45, 2.75) is 52.2 Å². The van der Waals surface area contributed by atoms with Crippen LogP contribution in [0, 0.1) is 0 Å². The Bertz CT molecular complexity index is 1390. The van der Waals surface area contributed by atoms with Crippen LogP contribution in [0.3, 0.4) is 0 Å². The van der Waals surface area contributed by atoms with E-state index in [0.29, 0.717) is 29.3 Å². The maximum absolute atomic E-state index is 14.2. The quantitative estimate of drug-likeness (QED) is 0.350. The number of benzene rings is 2. The van der Waals surface area contributed by atoms with E-state index in [1.807, 2.05) is 94.0 Å². The molecule has 2 amide bonds.